The quantitative estimate of drug-likeness (QED) is 0.561. The Balaban J connectivity index is 2.99. The first-order valence-corrected chi connectivity index (χ1v) is 6.71. The number of nitrogens with one attached hydrogen (secondary N) is 1. The minimum Gasteiger partial charge on any atom is -0.320 e. The number of hydrogen-bond acceptors (Lipinski definition) is 1. The predicted molar refractivity (Wildman–Crippen MR) is 70.3 cm³/mol. The van der Waals surface area contributed by atoms with E-state index in [2.05, 4.69) is 26.1 Å². The highest BCUT2D eigenvalue weighted by atomic mass is 14.8. The Labute approximate surface area is 97.0 Å². The summed E-state index contributed by atoms with van der Waals surface area (Å²) in [5.74, 6) is 0. The van der Waals surface area contributed by atoms with E-state index in [0.717, 1.165) is 0 Å². The molecule has 0 saturated heterocycles. The zero-order valence-electron chi connectivity index (χ0n) is 11.4. The minimum atomic E-state index is 0.535. The second kappa shape index (κ2) is 9.21. The molecule has 0 radical (unpaired) electrons. The Kier molecular flexibility index (Phi) is 9.18. The summed E-state index contributed by atoms with van der Waals surface area (Å²) in [6.07, 6.45) is 11.3. The molecule has 0 atom stereocenters. The molecule has 1 N–H and O–H groups in total. The molecular formula is C14H31N. The highest BCUT2D eigenvalue weighted by molar-refractivity contribution is 4.61. The fourth-order valence-electron chi connectivity index (χ4n) is 1.84. The summed E-state index contributed by atoms with van der Waals surface area (Å²) in [5.41, 5.74) is 0.535. The molecule has 0 fully saturated rings. The van der Waals surface area contributed by atoms with Crippen molar-refractivity contribution < 1.29 is 0 Å². The maximum absolute atomic E-state index is 3.20. The largest absolute Gasteiger partial charge is 0.320 e. The summed E-state index contributed by atoms with van der Waals surface area (Å²) < 4.78 is 0. The van der Waals surface area contributed by atoms with Gasteiger partial charge in [-0.05, 0) is 31.8 Å². The SMILES string of the molecule is CNCCCCCCCCCC(C)(C)C. The van der Waals surface area contributed by atoms with Gasteiger partial charge in [0.2, 0.25) is 0 Å². The van der Waals surface area contributed by atoms with Crippen LogP contribution in [0.3, 0.4) is 0 Å². The Bertz CT molecular complexity index is 124. The molecule has 0 rings (SSSR count). The van der Waals surface area contributed by atoms with Crippen LogP contribution in [0.1, 0.15) is 72.1 Å². The summed E-state index contributed by atoms with van der Waals surface area (Å²) in [4.78, 5) is 0. The molecule has 0 aliphatic heterocycles. The van der Waals surface area contributed by atoms with Gasteiger partial charge in [0, 0.05) is 0 Å². The molecule has 0 bridgehead atoms. The molecule has 0 aromatic rings. The Hall–Kier alpha value is -0.0400. The Morgan fingerprint density at radius 3 is 1.67 bits per heavy atom. The van der Waals surface area contributed by atoms with Crippen molar-refractivity contribution in [2.75, 3.05) is 13.6 Å². The van der Waals surface area contributed by atoms with E-state index in [0.29, 0.717) is 5.41 Å². The zero-order valence-corrected chi connectivity index (χ0v) is 11.4. The second-order valence-electron chi connectivity index (χ2n) is 5.89. The first-order chi connectivity index (χ1) is 7.06. The molecule has 0 aromatic heterocycles. The van der Waals surface area contributed by atoms with Gasteiger partial charge >= 0.3 is 0 Å². The lowest BCUT2D eigenvalue weighted by atomic mass is 9.89. The van der Waals surface area contributed by atoms with E-state index < -0.39 is 0 Å². The maximum Gasteiger partial charge on any atom is -0.00519 e. The average Bonchev–Trinajstić information content (AvgIpc) is 2.14. The first kappa shape index (κ1) is 15.0. The fraction of sp³-hybridized carbons (Fsp3) is 1.00. The van der Waals surface area contributed by atoms with Crippen molar-refractivity contribution in [2.45, 2.75) is 72.1 Å². The van der Waals surface area contributed by atoms with Crippen molar-refractivity contribution in [1.29, 1.82) is 0 Å². The fourth-order valence-corrected chi connectivity index (χ4v) is 1.84. The van der Waals surface area contributed by atoms with Gasteiger partial charge in [0.15, 0.2) is 0 Å². The molecule has 0 aromatic carbocycles. The monoisotopic (exact) mass is 213 g/mol. The normalized spacial score (nSPS) is 12.0. The van der Waals surface area contributed by atoms with Crippen LogP contribution in [0, 0.1) is 5.41 Å². The second-order valence-corrected chi connectivity index (χ2v) is 5.89. The van der Waals surface area contributed by atoms with Crippen molar-refractivity contribution in [3.63, 3.8) is 0 Å². The lowest BCUT2D eigenvalue weighted by Crippen LogP contribution is -2.06. The van der Waals surface area contributed by atoms with Crippen molar-refractivity contribution in [3.05, 3.63) is 0 Å². The van der Waals surface area contributed by atoms with Crippen LogP contribution in [0.4, 0.5) is 0 Å². The predicted octanol–water partition coefficient (Wildman–Crippen LogP) is 4.37. The van der Waals surface area contributed by atoms with Crippen molar-refractivity contribution in [2.24, 2.45) is 5.41 Å². The Morgan fingerprint density at radius 2 is 1.20 bits per heavy atom. The summed E-state index contributed by atoms with van der Waals surface area (Å²) >= 11 is 0. The molecule has 0 unspecified atom stereocenters. The van der Waals surface area contributed by atoms with Gasteiger partial charge in [-0.25, -0.2) is 0 Å². The molecule has 0 amide bonds. The Morgan fingerprint density at radius 1 is 0.733 bits per heavy atom. The first-order valence-electron chi connectivity index (χ1n) is 6.71. The van der Waals surface area contributed by atoms with Crippen molar-refractivity contribution in [1.82, 2.24) is 5.32 Å². The van der Waals surface area contributed by atoms with E-state index in [-0.39, 0.29) is 0 Å². The molecule has 0 saturated carbocycles. The lowest BCUT2D eigenvalue weighted by Gasteiger charge is -2.17. The van der Waals surface area contributed by atoms with Crippen molar-refractivity contribution >= 4 is 0 Å². The molecule has 1 heteroatoms. The van der Waals surface area contributed by atoms with E-state index >= 15 is 0 Å². The van der Waals surface area contributed by atoms with Crippen LogP contribution in [0.5, 0.6) is 0 Å². The van der Waals surface area contributed by atoms with Crippen molar-refractivity contribution in [3.8, 4) is 0 Å². The molecule has 1 nitrogen and oxygen atoms in total. The van der Waals surface area contributed by atoms with E-state index in [4.69, 9.17) is 0 Å². The maximum atomic E-state index is 3.20. The average molecular weight is 213 g/mol. The third kappa shape index (κ3) is 14.0. The van der Waals surface area contributed by atoms with Gasteiger partial charge < -0.3 is 5.32 Å². The molecule has 0 heterocycles. The van der Waals surface area contributed by atoms with Crippen LogP contribution < -0.4 is 5.32 Å². The van der Waals surface area contributed by atoms with E-state index in [9.17, 15) is 0 Å². The van der Waals surface area contributed by atoms with Crippen LogP contribution in [0.25, 0.3) is 0 Å². The lowest BCUT2D eigenvalue weighted by molar-refractivity contribution is 0.356. The zero-order chi connectivity index (χ0) is 11.6. The molecule has 92 valence electrons. The summed E-state index contributed by atoms with van der Waals surface area (Å²) in [7, 11) is 2.03. The van der Waals surface area contributed by atoms with Gasteiger partial charge in [-0.15, -0.1) is 0 Å². The number of unbranched alkanes of at least 4 members (excludes halogenated alkanes) is 6. The molecule has 0 spiro atoms. The summed E-state index contributed by atoms with van der Waals surface area (Å²) in [6.45, 7) is 8.20. The van der Waals surface area contributed by atoms with Gasteiger partial charge in [0.25, 0.3) is 0 Å². The van der Waals surface area contributed by atoms with Crippen LogP contribution in [0.2, 0.25) is 0 Å². The molecule has 0 aliphatic carbocycles. The summed E-state index contributed by atoms with van der Waals surface area (Å²) in [6, 6.07) is 0. The third-order valence-corrected chi connectivity index (χ3v) is 2.85. The summed E-state index contributed by atoms with van der Waals surface area (Å²) in [5, 5.41) is 3.20. The van der Waals surface area contributed by atoms with Gasteiger partial charge in [0.05, 0.1) is 0 Å². The molecule has 15 heavy (non-hydrogen) atoms. The third-order valence-electron chi connectivity index (χ3n) is 2.85. The van der Waals surface area contributed by atoms with Gasteiger partial charge in [0.1, 0.15) is 0 Å². The highest BCUT2D eigenvalue weighted by Gasteiger charge is 2.08. The van der Waals surface area contributed by atoms with Gasteiger partial charge in [-0.1, -0.05) is 59.3 Å². The van der Waals surface area contributed by atoms with E-state index in [1.54, 1.807) is 0 Å². The molecular weight excluding hydrogens is 182 g/mol. The topological polar surface area (TPSA) is 12.0 Å². The van der Waals surface area contributed by atoms with Crippen LogP contribution in [-0.4, -0.2) is 13.6 Å². The minimum absolute atomic E-state index is 0.535. The molecule has 0 aliphatic rings. The highest BCUT2D eigenvalue weighted by Crippen LogP contribution is 2.22. The van der Waals surface area contributed by atoms with Gasteiger partial charge in [-0.3, -0.25) is 0 Å². The van der Waals surface area contributed by atoms with Crippen LogP contribution in [-0.2, 0) is 0 Å². The smallest absolute Gasteiger partial charge is 0.00519 e. The van der Waals surface area contributed by atoms with E-state index in [1.807, 2.05) is 7.05 Å². The van der Waals surface area contributed by atoms with Gasteiger partial charge in [-0.2, -0.15) is 0 Å². The van der Waals surface area contributed by atoms with Crippen LogP contribution >= 0.6 is 0 Å². The number of rotatable bonds is 9. The van der Waals surface area contributed by atoms with Crippen LogP contribution in [0.15, 0.2) is 0 Å². The van der Waals surface area contributed by atoms with E-state index in [1.165, 1.54) is 57.9 Å². The number of hydrogen-bond donors (Lipinski definition) is 1. The standard InChI is InChI=1S/C14H31N/c1-14(2,3)12-10-8-6-5-7-9-11-13-15-4/h15H,5-13H2,1-4H3.